The molecule has 1 N–H and O–H groups in total. The zero-order valence-electron chi connectivity index (χ0n) is 16.3. The van der Waals surface area contributed by atoms with Crippen LogP contribution in [0.1, 0.15) is 41.9 Å². The van der Waals surface area contributed by atoms with Crippen molar-refractivity contribution in [2.45, 2.75) is 32.6 Å². The van der Waals surface area contributed by atoms with E-state index in [0.29, 0.717) is 11.4 Å². The van der Waals surface area contributed by atoms with E-state index in [1.54, 1.807) is 29.9 Å². The molecule has 5 rings (SSSR count). The second kappa shape index (κ2) is 7.09. The summed E-state index contributed by atoms with van der Waals surface area (Å²) in [5.41, 5.74) is 1.47. The monoisotopic (exact) mass is 394 g/mol. The van der Waals surface area contributed by atoms with Crippen molar-refractivity contribution >= 4 is 23.1 Å². The van der Waals surface area contributed by atoms with Crippen molar-refractivity contribution in [2.24, 2.45) is 11.8 Å². The topological polar surface area (TPSA) is 75.4 Å². The first-order valence-corrected chi connectivity index (χ1v) is 10.1. The highest BCUT2D eigenvalue weighted by Gasteiger charge is 2.30. The largest absolute Gasteiger partial charge is 0.355 e. The molecule has 0 bridgehead atoms. The molecule has 1 saturated carbocycles. The number of rotatable bonds is 6. The van der Waals surface area contributed by atoms with Gasteiger partial charge in [-0.3, -0.25) is 4.79 Å². The molecular formula is C21H23FN6O. The summed E-state index contributed by atoms with van der Waals surface area (Å²) in [4.78, 5) is 27.4. The zero-order valence-corrected chi connectivity index (χ0v) is 16.3. The van der Waals surface area contributed by atoms with Crippen molar-refractivity contribution in [2.75, 3.05) is 23.3 Å². The molecule has 1 amide bonds. The number of nitrogens with zero attached hydrogens (tertiary/aromatic N) is 5. The van der Waals surface area contributed by atoms with Gasteiger partial charge in [-0.05, 0) is 25.2 Å². The second-order valence-electron chi connectivity index (χ2n) is 8.20. The van der Waals surface area contributed by atoms with E-state index in [1.165, 1.54) is 37.9 Å². The smallest absolute Gasteiger partial charge is 0.275 e. The van der Waals surface area contributed by atoms with Crippen molar-refractivity contribution in [3.63, 3.8) is 0 Å². The third-order valence-corrected chi connectivity index (χ3v) is 5.72. The number of hydrogen-bond donors (Lipinski definition) is 1. The van der Waals surface area contributed by atoms with E-state index >= 15 is 0 Å². The van der Waals surface area contributed by atoms with Gasteiger partial charge in [-0.2, -0.15) is 0 Å². The minimum atomic E-state index is -0.494. The highest BCUT2D eigenvalue weighted by molar-refractivity contribution is 6.02. The predicted molar refractivity (Wildman–Crippen MR) is 108 cm³/mol. The molecule has 0 atom stereocenters. The molecule has 0 spiro atoms. The van der Waals surface area contributed by atoms with Crippen molar-refractivity contribution in [3.05, 3.63) is 48.1 Å². The number of aryl methyl sites for hydroxylation is 1. The maximum atomic E-state index is 14.2. The number of nitrogens with one attached hydrogen (secondary N) is 1. The Morgan fingerprint density at radius 1 is 1.17 bits per heavy atom. The fraction of sp³-hybridized carbons (Fsp3) is 0.429. The normalized spacial score (nSPS) is 16.8. The number of hydrogen-bond acceptors (Lipinski definition) is 5. The Kier molecular flexibility index (Phi) is 4.41. The fourth-order valence-corrected chi connectivity index (χ4v) is 3.86. The number of carbonyl (C=O) groups excluding carboxylic acids is 1. The van der Waals surface area contributed by atoms with E-state index in [-0.39, 0.29) is 11.3 Å². The van der Waals surface area contributed by atoms with Gasteiger partial charge in [0.05, 0.1) is 23.8 Å². The lowest BCUT2D eigenvalue weighted by Crippen LogP contribution is -2.47. The Labute approximate surface area is 168 Å². The Bertz CT molecular complexity index is 1050. The lowest BCUT2D eigenvalue weighted by molar-refractivity contribution is 0.102. The lowest BCUT2D eigenvalue weighted by atomic mass is 9.93. The SMILES string of the molecule is Cc1cn2cc(NC(=O)c3cnc(N4CC(CCC5CC5)C4)cn3)cc(F)c2n1. The van der Waals surface area contributed by atoms with Gasteiger partial charge in [0.1, 0.15) is 11.5 Å². The summed E-state index contributed by atoms with van der Waals surface area (Å²) < 4.78 is 15.7. The molecular weight excluding hydrogens is 371 g/mol. The van der Waals surface area contributed by atoms with Crippen LogP contribution in [0, 0.1) is 24.6 Å². The first-order chi connectivity index (χ1) is 14.0. The van der Waals surface area contributed by atoms with E-state index in [4.69, 9.17) is 0 Å². The van der Waals surface area contributed by atoms with E-state index in [1.807, 2.05) is 0 Å². The van der Waals surface area contributed by atoms with Gasteiger partial charge >= 0.3 is 0 Å². The summed E-state index contributed by atoms with van der Waals surface area (Å²) in [6.07, 6.45) is 11.9. The van der Waals surface area contributed by atoms with Crippen LogP contribution in [-0.2, 0) is 0 Å². The summed E-state index contributed by atoms with van der Waals surface area (Å²) in [6, 6.07) is 1.25. The quantitative estimate of drug-likeness (QED) is 0.693. The average Bonchev–Trinajstić information content (AvgIpc) is 3.41. The van der Waals surface area contributed by atoms with Crippen molar-refractivity contribution < 1.29 is 9.18 Å². The summed E-state index contributed by atoms with van der Waals surface area (Å²) in [5.74, 6) is 1.60. The zero-order chi connectivity index (χ0) is 20.0. The number of pyridine rings is 1. The van der Waals surface area contributed by atoms with Gasteiger partial charge in [-0.15, -0.1) is 0 Å². The van der Waals surface area contributed by atoms with Crippen LogP contribution < -0.4 is 10.2 Å². The predicted octanol–water partition coefficient (Wildman–Crippen LogP) is 3.45. The third-order valence-electron chi connectivity index (χ3n) is 5.72. The van der Waals surface area contributed by atoms with Gasteiger partial charge < -0.3 is 14.6 Å². The van der Waals surface area contributed by atoms with Crippen molar-refractivity contribution in [1.82, 2.24) is 19.4 Å². The van der Waals surface area contributed by atoms with E-state index in [2.05, 4.69) is 25.2 Å². The average molecular weight is 394 g/mol. The van der Waals surface area contributed by atoms with Crippen LogP contribution >= 0.6 is 0 Å². The Morgan fingerprint density at radius 2 is 1.97 bits per heavy atom. The van der Waals surface area contributed by atoms with Crippen LogP contribution in [0.2, 0.25) is 0 Å². The van der Waals surface area contributed by atoms with Gasteiger partial charge in [0.15, 0.2) is 11.5 Å². The molecule has 29 heavy (non-hydrogen) atoms. The molecule has 150 valence electrons. The lowest BCUT2D eigenvalue weighted by Gasteiger charge is -2.40. The highest BCUT2D eigenvalue weighted by atomic mass is 19.1. The summed E-state index contributed by atoms with van der Waals surface area (Å²) >= 11 is 0. The van der Waals surface area contributed by atoms with E-state index < -0.39 is 11.7 Å². The number of fused-ring (bicyclic) bond motifs is 1. The first kappa shape index (κ1) is 18.0. The van der Waals surface area contributed by atoms with Crippen molar-refractivity contribution in [1.29, 1.82) is 0 Å². The molecule has 1 aliphatic heterocycles. The molecule has 1 saturated heterocycles. The molecule has 0 aromatic carbocycles. The summed E-state index contributed by atoms with van der Waals surface area (Å²) in [6.45, 7) is 3.81. The summed E-state index contributed by atoms with van der Waals surface area (Å²) in [5, 5.41) is 2.67. The van der Waals surface area contributed by atoms with Crippen LogP contribution in [0.5, 0.6) is 0 Å². The van der Waals surface area contributed by atoms with Gasteiger partial charge in [-0.25, -0.2) is 19.3 Å². The Morgan fingerprint density at radius 3 is 2.69 bits per heavy atom. The molecule has 7 nitrogen and oxygen atoms in total. The maximum absolute atomic E-state index is 14.2. The van der Waals surface area contributed by atoms with Crippen LogP contribution in [0.3, 0.4) is 0 Å². The minimum Gasteiger partial charge on any atom is -0.355 e. The van der Waals surface area contributed by atoms with Gasteiger partial charge in [0.2, 0.25) is 0 Å². The molecule has 2 aliphatic rings. The van der Waals surface area contributed by atoms with E-state index in [0.717, 1.165) is 30.7 Å². The van der Waals surface area contributed by atoms with Gasteiger partial charge in [0, 0.05) is 31.5 Å². The second-order valence-corrected chi connectivity index (χ2v) is 8.20. The molecule has 3 aromatic rings. The molecule has 2 fully saturated rings. The van der Waals surface area contributed by atoms with Crippen LogP contribution in [0.4, 0.5) is 15.9 Å². The molecule has 8 heteroatoms. The number of amides is 1. The van der Waals surface area contributed by atoms with Gasteiger partial charge in [-0.1, -0.05) is 19.3 Å². The molecule has 0 radical (unpaired) electrons. The highest BCUT2D eigenvalue weighted by Crippen LogP contribution is 2.36. The number of anilines is 2. The Balaban J connectivity index is 1.20. The maximum Gasteiger partial charge on any atom is 0.275 e. The van der Waals surface area contributed by atoms with Crippen LogP contribution in [-0.4, -0.2) is 38.3 Å². The fourth-order valence-electron chi connectivity index (χ4n) is 3.86. The molecule has 3 aromatic heterocycles. The Hall–Kier alpha value is -3.03. The summed E-state index contributed by atoms with van der Waals surface area (Å²) in [7, 11) is 0. The van der Waals surface area contributed by atoms with E-state index in [9.17, 15) is 9.18 Å². The first-order valence-electron chi connectivity index (χ1n) is 10.1. The van der Waals surface area contributed by atoms with Crippen LogP contribution in [0.15, 0.2) is 30.9 Å². The number of halogens is 1. The third kappa shape index (κ3) is 3.79. The molecule has 0 unspecified atom stereocenters. The van der Waals surface area contributed by atoms with Gasteiger partial charge in [0.25, 0.3) is 5.91 Å². The number of aromatic nitrogens is 4. The minimum absolute atomic E-state index is 0.196. The van der Waals surface area contributed by atoms with Crippen LogP contribution in [0.25, 0.3) is 5.65 Å². The number of carbonyl (C=O) groups is 1. The standard InChI is InChI=1S/C21H23FN6O/c1-13-9-28-12-16(6-17(22)20(28)25-13)26-21(29)18-7-24-19(8-23-18)27-10-15(11-27)5-4-14-2-3-14/h6-9,12,14-15H,2-5,10-11H2,1H3,(H,26,29). The molecule has 4 heterocycles. The van der Waals surface area contributed by atoms with Crippen molar-refractivity contribution in [3.8, 4) is 0 Å². The molecule has 1 aliphatic carbocycles. The number of imidazole rings is 1.